The third-order valence-electron chi connectivity index (χ3n) is 6.40. The largest absolute Gasteiger partial charge is 0.480 e. The van der Waals surface area contributed by atoms with Gasteiger partial charge >= 0.3 is 18.2 Å². The number of benzene rings is 2. The summed E-state index contributed by atoms with van der Waals surface area (Å²) >= 11 is 0. The lowest BCUT2D eigenvalue weighted by molar-refractivity contribution is -0.140. The van der Waals surface area contributed by atoms with Gasteiger partial charge in [-0.3, -0.25) is 4.90 Å². The van der Waals surface area contributed by atoms with Crippen LogP contribution in [0.5, 0.6) is 0 Å². The Morgan fingerprint density at radius 3 is 2.22 bits per heavy atom. The lowest BCUT2D eigenvalue weighted by Crippen LogP contribution is -2.53. The zero-order chi connectivity index (χ0) is 25.9. The van der Waals surface area contributed by atoms with E-state index in [4.69, 9.17) is 9.47 Å². The van der Waals surface area contributed by atoms with Gasteiger partial charge in [0.05, 0.1) is 6.17 Å². The number of hydrogen-bond acceptors (Lipinski definition) is 6. The van der Waals surface area contributed by atoms with Crippen LogP contribution in [-0.2, 0) is 14.3 Å². The summed E-state index contributed by atoms with van der Waals surface area (Å²) in [5.41, 5.74) is 3.75. The number of carbonyl (C=O) groups is 3. The van der Waals surface area contributed by atoms with Gasteiger partial charge in [0.1, 0.15) is 18.2 Å². The minimum Gasteiger partial charge on any atom is -0.480 e. The molecule has 36 heavy (non-hydrogen) atoms. The molecule has 2 amide bonds. The Kier molecular flexibility index (Phi) is 7.49. The highest BCUT2D eigenvalue weighted by Gasteiger charge is 2.33. The van der Waals surface area contributed by atoms with Gasteiger partial charge in [-0.1, -0.05) is 48.5 Å². The lowest BCUT2D eigenvalue weighted by atomic mass is 9.98. The molecule has 0 saturated carbocycles. The summed E-state index contributed by atoms with van der Waals surface area (Å²) in [4.78, 5) is 38.5. The zero-order valence-electron chi connectivity index (χ0n) is 20.8. The molecule has 3 N–H and O–H groups in total. The third kappa shape index (κ3) is 5.96. The van der Waals surface area contributed by atoms with Gasteiger partial charge in [-0.15, -0.1) is 0 Å². The van der Waals surface area contributed by atoms with Crippen molar-refractivity contribution in [2.45, 2.75) is 57.3 Å². The SMILES string of the molecule is CC(C)(C)OC(=O)NC1CCCN1CC(NC(=O)OCC1c2ccccc2-c2ccccc21)C(=O)O. The molecule has 0 aromatic heterocycles. The summed E-state index contributed by atoms with van der Waals surface area (Å²) in [7, 11) is 0. The van der Waals surface area contributed by atoms with Gasteiger partial charge in [-0.25, -0.2) is 14.4 Å². The van der Waals surface area contributed by atoms with Crippen LogP contribution in [-0.4, -0.2) is 65.7 Å². The van der Waals surface area contributed by atoms with Gasteiger partial charge in [0.2, 0.25) is 0 Å². The Morgan fingerprint density at radius 1 is 1.03 bits per heavy atom. The lowest BCUT2D eigenvalue weighted by Gasteiger charge is -2.29. The van der Waals surface area contributed by atoms with E-state index in [1.165, 1.54) is 0 Å². The van der Waals surface area contributed by atoms with Crippen molar-refractivity contribution in [3.8, 4) is 11.1 Å². The second-order valence-corrected chi connectivity index (χ2v) is 10.2. The molecule has 1 fully saturated rings. The third-order valence-corrected chi connectivity index (χ3v) is 6.40. The van der Waals surface area contributed by atoms with E-state index in [0.717, 1.165) is 28.7 Å². The van der Waals surface area contributed by atoms with Crippen LogP contribution >= 0.6 is 0 Å². The molecule has 192 valence electrons. The molecule has 1 heterocycles. The first-order valence-corrected chi connectivity index (χ1v) is 12.2. The normalized spacial score (nSPS) is 18.1. The number of hydrogen-bond donors (Lipinski definition) is 3. The molecule has 2 aromatic rings. The molecule has 9 heteroatoms. The van der Waals surface area contributed by atoms with Crippen LogP contribution in [0.4, 0.5) is 9.59 Å². The number of ether oxygens (including phenoxy) is 2. The van der Waals surface area contributed by atoms with Gasteiger partial charge in [0, 0.05) is 19.0 Å². The van der Waals surface area contributed by atoms with E-state index in [1.54, 1.807) is 20.8 Å². The second kappa shape index (κ2) is 10.6. The number of aliphatic carboxylic acids is 1. The summed E-state index contributed by atoms with van der Waals surface area (Å²) in [5, 5.41) is 15.0. The molecule has 0 radical (unpaired) electrons. The van der Waals surface area contributed by atoms with E-state index in [9.17, 15) is 19.5 Å². The van der Waals surface area contributed by atoms with E-state index in [0.29, 0.717) is 13.0 Å². The summed E-state index contributed by atoms with van der Waals surface area (Å²) in [5.74, 6) is -1.29. The highest BCUT2D eigenvalue weighted by molar-refractivity contribution is 5.81. The predicted molar refractivity (Wildman–Crippen MR) is 134 cm³/mol. The molecule has 0 bridgehead atoms. The first kappa shape index (κ1) is 25.5. The highest BCUT2D eigenvalue weighted by Crippen LogP contribution is 2.44. The zero-order valence-corrected chi connectivity index (χ0v) is 20.8. The van der Waals surface area contributed by atoms with Crippen molar-refractivity contribution in [1.82, 2.24) is 15.5 Å². The number of carboxylic acids is 1. The summed E-state index contributed by atoms with van der Waals surface area (Å²) in [6.07, 6.45) is -0.268. The van der Waals surface area contributed by atoms with Crippen molar-refractivity contribution < 1.29 is 29.0 Å². The number of carbonyl (C=O) groups excluding carboxylic acids is 2. The van der Waals surface area contributed by atoms with Crippen LogP contribution in [0.3, 0.4) is 0 Å². The van der Waals surface area contributed by atoms with Gasteiger partial charge in [-0.2, -0.15) is 0 Å². The van der Waals surface area contributed by atoms with Crippen molar-refractivity contribution in [3.05, 3.63) is 59.7 Å². The maximum Gasteiger partial charge on any atom is 0.408 e. The molecule has 1 saturated heterocycles. The fourth-order valence-electron chi connectivity index (χ4n) is 4.85. The van der Waals surface area contributed by atoms with E-state index >= 15 is 0 Å². The average molecular weight is 496 g/mol. The fourth-order valence-corrected chi connectivity index (χ4v) is 4.85. The number of fused-ring (bicyclic) bond motifs is 3. The Morgan fingerprint density at radius 2 is 1.64 bits per heavy atom. The minimum atomic E-state index is -1.19. The Hall–Kier alpha value is -3.59. The molecule has 1 aliphatic carbocycles. The van der Waals surface area contributed by atoms with Crippen molar-refractivity contribution >= 4 is 18.2 Å². The molecular formula is C27H33N3O6. The molecule has 4 rings (SSSR count). The molecule has 2 atom stereocenters. The van der Waals surface area contributed by atoms with E-state index in [1.807, 2.05) is 53.4 Å². The van der Waals surface area contributed by atoms with Crippen LogP contribution in [0.15, 0.2) is 48.5 Å². The molecule has 9 nitrogen and oxygen atoms in total. The van der Waals surface area contributed by atoms with Crippen LogP contribution in [0, 0.1) is 0 Å². The van der Waals surface area contributed by atoms with Crippen LogP contribution in [0.1, 0.15) is 50.7 Å². The molecule has 1 aliphatic heterocycles. The topological polar surface area (TPSA) is 117 Å². The summed E-state index contributed by atoms with van der Waals surface area (Å²) in [6.45, 7) is 6.04. The van der Waals surface area contributed by atoms with E-state index in [-0.39, 0.29) is 25.2 Å². The number of likely N-dealkylation sites (tertiary alicyclic amines) is 1. The Bertz CT molecular complexity index is 1080. The molecular weight excluding hydrogens is 462 g/mol. The van der Waals surface area contributed by atoms with Crippen LogP contribution in [0.25, 0.3) is 11.1 Å². The standard InChI is InChI=1S/C27H33N3O6/c1-27(2,3)36-26(34)29-23-13-8-14-30(23)15-22(24(31)32)28-25(33)35-16-21-19-11-6-4-9-17(19)18-10-5-7-12-20(18)21/h4-7,9-12,21-23H,8,13-16H2,1-3H3,(H,28,33)(H,29,34)(H,31,32). The molecule has 0 spiro atoms. The summed E-state index contributed by atoms with van der Waals surface area (Å²) in [6, 6.07) is 14.8. The van der Waals surface area contributed by atoms with Gasteiger partial charge < -0.3 is 25.2 Å². The van der Waals surface area contributed by atoms with Crippen LogP contribution in [0.2, 0.25) is 0 Å². The first-order chi connectivity index (χ1) is 17.1. The van der Waals surface area contributed by atoms with Crippen molar-refractivity contribution in [3.63, 3.8) is 0 Å². The van der Waals surface area contributed by atoms with Gasteiger partial charge in [0.15, 0.2) is 0 Å². The van der Waals surface area contributed by atoms with E-state index in [2.05, 4.69) is 10.6 Å². The number of alkyl carbamates (subject to hydrolysis) is 2. The van der Waals surface area contributed by atoms with Crippen LogP contribution < -0.4 is 10.6 Å². The van der Waals surface area contributed by atoms with Crippen molar-refractivity contribution in [2.24, 2.45) is 0 Å². The average Bonchev–Trinajstić information content (AvgIpc) is 3.37. The Labute approximate surface area is 210 Å². The number of amides is 2. The number of nitrogens with zero attached hydrogens (tertiary/aromatic N) is 1. The number of carboxylic acid groups (broad SMARTS) is 1. The van der Waals surface area contributed by atoms with Crippen molar-refractivity contribution in [1.29, 1.82) is 0 Å². The monoisotopic (exact) mass is 495 g/mol. The molecule has 2 aromatic carbocycles. The molecule has 2 unspecified atom stereocenters. The fraction of sp³-hybridized carbons (Fsp3) is 0.444. The van der Waals surface area contributed by atoms with Gasteiger partial charge in [-0.05, 0) is 55.9 Å². The summed E-state index contributed by atoms with van der Waals surface area (Å²) < 4.78 is 10.8. The van der Waals surface area contributed by atoms with Crippen molar-refractivity contribution in [2.75, 3.05) is 19.7 Å². The maximum absolute atomic E-state index is 12.6. The van der Waals surface area contributed by atoms with E-state index < -0.39 is 29.8 Å². The number of rotatable bonds is 7. The maximum atomic E-state index is 12.6. The first-order valence-electron chi connectivity index (χ1n) is 12.2. The highest BCUT2D eigenvalue weighted by atomic mass is 16.6. The quantitative estimate of drug-likeness (QED) is 0.533. The minimum absolute atomic E-state index is 0.0278. The van der Waals surface area contributed by atoms with Gasteiger partial charge in [0.25, 0.3) is 0 Å². The Balaban J connectivity index is 1.35. The second-order valence-electron chi connectivity index (χ2n) is 10.2. The molecule has 2 aliphatic rings. The predicted octanol–water partition coefficient (Wildman–Crippen LogP) is 3.92. The smallest absolute Gasteiger partial charge is 0.408 e. The number of nitrogens with one attached hydrogen (secondary N) is 2.